The van der Waals surface area contributed by atoms with Crippen LogP contribution in [0.25, 0.3) is 0 Å². The van der Waals surface area contributed by atoms with Gasteiger partial charge in [0, 0.05) is 6.42 Å². The summed E-state index contributed by atoms with van der Waals surface area (Å²) < 4.78 is 44.9. The van der Waals surface area contributed by atoms with Crippen molar-refractivity contribution in [3.63, 3.8) is 0 Å². The quantitative estimate of drug-likeness (QED) is 0.291. The third-order valence-corrected chi connectivity index (χ3v) is 8.53. The van der Waals surface area contributed by atoms with Crippen LogP contribution in [-0.2, 0) is 22.9 Å². The molecule has 28 heavy (non-hydrogen) atoms. The Bertz CT molecular complexity index is 788. The second kappa shape index (κ2) is 8.61. The van der Waals surface area contributed by atoms with Crippen LogP contribution in [-0.4, -0.2) is 38.8 Å². The SMILES string of the molecule is CC(C)OC(=O)Oc1ccccc1C1OP(=O)(O)C(O)(CCCN)P(=O)(O)O1. The van der Waals surface area contributed by atoms with Crippen LogP contribution in [0.2, 0.25) is 0 Å². The van der Waals surface area contributed by atoms with Crippen LogP contribution in [0.4, 0.5) is 4.79 Å². The van der Waals surface area contributed by atoms with Crippen molar-refractivity contribution in [1.82, 2.24) is 0 Å². The van der Waals surface area contributed by atoms with Crippen molar-refractivity contribution in [3.05, 3.63) is 29.8 Å². The van der Waals surface area contributed by atoms with Crippen LogP contribution in [0.5, 0.6) is 5.75 Å². The van der Waals surface area contributed by atoms with Gasteiger partial charge in [-0.25, -0.2) is 4.79 Å². The Hall–Kier alpha value is -1.29. The summed E-state index contributed by atoms with van der Waals surface area (Å²) in [5.41, 5.74) is 5.19. The fraction of sp³-hybridized carbons (Fsp3) is 0.533. The maximum atomic E-state index is 12.6. The van der Waals surface area contributed by atoms with Gasteiger partial charge in [0.1, 0.15) is 5.75 Å². The first-order valence-electron chi connectivity index (χ1n) is 8.36. The highest BCUT2D eigenvalue weighted by atomic mass is 31.2. The Morgan fingerprint density at radius 2 is 1.82 bits per heavy atom. The van der Waals surface area contributed by atoms with Crippen molar-refractivity contribution >= 4 is 21.3 Å². The minimum absolute atomic E-state index is 0.000372. The van der Waals surface area contributed by atoms with Gasteiger partial charge in [-0.05, 0) is 32.9 Å². The highest BCUT2D eigenvalue weighted by Gasteiger charge is 2.66. The van der Waals surface area contributed by atoms with Crippen LogP contribution < -0.4 is 10.5 Å². The number of ether oxygens (including phenoxy) is 2. The zero-order chi connectivity index (χ0) is 21.2. The lowest BCUT2D eigenvalue weighted by molar-refractivity contribution is -0.0605. The van der Waals surface area contributed by atoms with E-state index in [4.69, 9.17) is 24.3 Å². The van der Waals surface area contributed by atoms with E-state index in [0.717, 1.165) is 0 Å². The number of para-hydroxylation sites is 1. The lowest BCUT2D eigenvalue weighted by Gasteiger charge is -2.41. The molecule has 0 bridgehead atoms. The van der Waals surface area contributed by atoms with E-state index in [1.54, 1.807) is 13.8 Å². The zero-order valence-electron chi connectivity index (χ0n) is 15.3. The number of carbonyl (C=O) groups excluding carboxylic acids is 1. The van der Waals surface area contributed by atoms with E-state index in [9.17, 15) is 28.8 Å². The van der Waals surface area contributed by atoms with Crippen molar-refractivity contribution in [2.24, 2.45) is 5.73 Å². The van der Waals surface area contributed by atoms with E-state index >= 15 is 0 Å². The van der Waals surface area contributed by atoms with E-state index in [1.165, 1.54) is 24.3 Å². The number of carbonyl (C=O) groups is 1. The molecule has 5 N–H and O–H groups in total. The fourth-order valence-electron chi connectivity index (χ4n) is 2.42. The lowest BCUT2D eigenvalue weighted by Crippen LogP contribution is -2.36. The Balaban J connectivity index is 2.35. The standard InChI is InChI=1S/C15H23NO10P2/c1-10(2)23-14(17)24-12-7-4-3-6-11(12)13-25-27(19,20)15(18,8-5-9-16)28(21,22)26-13/h3-4,6-7,10,13,18H,5,8-9,16H2,1-2H3,(H,19,20)(H,21,22). The zero-order valence-corrected chi connectivity index (χ0v) is 17.0. The summed E-state index contributed by atoms with van der Waals surface area (Å²) >= 11 is 0. The Labute approximate surface area is 161 Å². The Kier molecular flexibility index (Phi) is 7.07. The number of rotatable bonds is 6. The number of nitrogens with two attached hydrogens (primary N) is 1. The summed E-state index contributed by atoms with van der Waals surface area (Å²) in [6, 6.07) is 5.55. The van der Waals surface area contributed by atoms with Crippen LogP contribution >= 0.6 is 15.2 Å². The molecule has 0 aromatic heterocycles. The molecule has 1 aromatic carbocycles. The smallest absolute Gasteiger partial charge is 0.431 e. The summed E-state index contributed by atoms with van der Waals surface area (Å²) in [6.07, 6.45) is -3.99. The maximum Gasteiger partial charge on any atom is 0.514 e. The van der Waals surface area contributed by atoms with Crippen molar-refractivity contribution in [2.45, 2.75) is 44.2 Å². The summed E-state index contributed by atoms with van der Waals surface area (Å²) in [4.78, 5) is 32.1. The molecule has 0 amide bonds. The predicted octanol–water partition coefficient (Wildman–Crippen LogP) is 2.41. The van der Waals surface area contributed by atoms with Gasteiger partial charge in [0.2, 0.25) is 6.29 Å². The van der Waals surface area contributed by atoms with Gasteiger partial charge in [-0.3, -0.25) is 18.2 Å². The first kappa shape index (κ1) is 23.0. The van der Waals surface area contributed by atoms with Gasteiger partial charge in [0.25, 0.3) is 5.08 Å². The molecule has 0 spiro atoms. The summed E-state index contributed by atoms with van der Waals surface area (Å²) in [5.74, 6) is -0.175. The van der Waals surface area contributed by atoms with Crippen molar-refractivity contribution < 1.29 is 47.3 Å². The molecule has 0 radical (unpaired) electrons. The Morgan fingerprint density at radius 1 is 1.25 bits per heavy atom. The van der Waals surface area contributed by atoms with E-state index in [2.05, 4.69) is 0 Å². The molecule has 13 heteroatoms. The van der Waals surface area contributed by atoms with Crippen molar-refractivity contribution in [3.8, 4) is 5.75 Å². The first-order valence-corrected chi connectivity index (χ1v) is 11.5. The van der Waals surface area contributed by atoms with Crippen LogP contribution in [0.15, 0.2) is 24.3 Å². The molecule has 11 nitrogen and oxygen atoms in total. The molecule has 0 saturated carbocycles. The average molecular weight is 439 g/mol. The number of hydrogen-bond donors (Lipinski definition) is 4. The van der Waals surface area contributed by atoms with Crippen molar-refractivity contribution in [2.75, 3.05) is 6.54 Å². The second-order valence-electron chi connectivity index (χ2n) is 6.31. The van der Waals surface area contributed by atoms with Crippen LogP contribution in [0.1, 0.15) is 38.5 Å². The molecule has 1 fully saturated rings. The van der Waals surface area contributed by atoms with E-state index < -0.39 is 45.2 Å². The van der Waals surface area contributed by atoms with Gasteiger partial charge in [-0.2, -0.15) is 0 Å². The lowest BCUT2D eigenvalue weighted by atomic mass is 10.2. The largest absolute Gasteiger partial charge is 0.514 e. The molecule has 2 rings (SSSR count). The van der Waals surface area contributed by atoms with E-state index in [0.29, 0.717) is 0 Å². The van der Waals surface area contributed by atoms with E-state index in [1.807, 2.05) is 0 Å². The fourth-order valence-corrected chi connectivity index (χ4v) is 6.10. The topological polar surface area (TPSA) is 175 Å². The molecule has 2 atom stereocenters. The monoisotopic (exact) mass is 439 g/mol. The van der Waals surface area contributed by atoms with Crippen LogP contribution in [0.3, 0.4) is 0 Å². The normalized spacial score (nSPS) is 32.9. The molecule has 1 aliphatic rings. The number of aliphatic hydroxyl groups is 1. The van der Waals surface area contributed by atoms with Crippen molar-refractivity contribution in [1.29, 1.82) is 0 Å². The van der Waals surface area contributed by atoms with Gasteiger partial charge in [-0.15, -0.1) is 0 Å². The molecule has 1 aromatic rings. The highest BCUT2D eigenvalue weighted by Crippen LogP contribution is 2.79. The second-order valence-corrected chi connectivity index (χ2v) is 10.6. The summed E-state index contributed by atoms with van der Waals surface area (Å²) in [6.45, 7) is 3.21. The predicted molar refractivity (Wildman–Crippen MR) is 96.5 cm³/mol. The minimum atomic E-state index is -5.07. The highest BCUT2D eigenvalue weighted by molar-refractivity contribution is 7.73. The van der Waals surface area contributed by atoms with Gasteiger partial charge in [0.15, 0.2) is 0 Å². The minimum Gasteiger partial charge on any atom is -0.431 e. The van der Waals surface area contributed by atoms with Gasteiger partial charge >= 0.3 is 21.3 Å². The van der Waals surface area contributed by atoms with Gasteiger partial charge in [-0.1, -0.05) is 18.2 Å². The van der Waals surface area contributed by atoms with Crippen LogP contribution in [0, 0.1) is 0 Å². The summed E-state index contributed by atoms with van der Waals surface area (Å²) in [5, 5.41) is 7.37. The maximum absolute atomic E-state index is 12.6. The molecule has 158 valence electrons. The Morgan fingerprint density at radius 3 is 2.36 bits per heavy atom. The number of hydrogen-bond acceptors (Lipinski definition) is 9. The van der Waals surface area contributed by atoms with Gasteiger partial charge < -0.3 is 30.1 Å². The number of benzene rings is 1. The summed E-state index contributed by atoms with van der Waals surface area (Å²) in [7, 11) is -10.1. The molecular formula is C15H23NO10P2. The van der Waals surface area contributed by atoms with E-state index in [-0.39, 0.29) is 24.3 Å². The third kappa shape index (κ3) is 4.64. The molecular weight excluding hydrogens is 416 g/mol. The third-order valence-electron chi connectivity index (χ3n) is 3.80. The molecule has 1 saturated heterocycles. The molecule has 1 aliphatic heterocycles. The molecule has 2 unspecified atom stereocenters. The molecule has 1 heterocycles. The first-order chi connectivity index (χ1) is 12.9. The average Bonchev–Trinajstić information content (AvgIpc) is 2.57. The molecule has 0 aliphatic carbocycles. The van der Waals surface area contributed by atoms with Gasteiger partial charge in [0.05, 0.1) is 11.7 Å².